The van der Waals surface area contributed by atoms with Gasteiger partial charge in [-0.05, 0) is 24.3 Å². The van der Waals surface area contributed by atoms with Crippen molar-refractivity contribution in [2.45, 2.75) is 57.0 Å². The second-order valence-electron chi connectivity index (χ2n) is 8.69. The quantitative estimate of drug-likeness (QED) is 0.722. The summed E-state index contributed by atoms with van der Waals surface area (Å²) in [5.41, 5.74) is 4.49. The molecule has 1 aromatic heterocycles. The number of aryl methyl sites for hydroxylation is 1. The minimum atomic E-state index is -0.525. The van der Waals surface area contributed by atoms with Crippen LogP contribution in [0.25, 0.3) is 11.3 Å². The van der Waals surface area contributed by atoms with Gasteiger partial charge in [-0.2, -0.15) is 5.10 Å². The van der Waals surface area contributed by atoms with E-state index in [4.69, 9.17) is 9.84 Å². The van der Waals surface area contributed by atoms with E-state index in [1.807, 2.05) is 22.8 Å². The number of methoxy groups -OCH3 is 1. The Morgan fingerprint density at radius 3 is 2.65 bits per heavy atom. The zero-order chi connectivity index (χ0) is 21.8. The van der Waals surface area contributed by atoms with Gasteiger partial charge < -0.3 is 10.1 Å². The number of piperazine rings is 1. The van der Waals surface area contributed by atoms with Crippen LogP contribution in [0.15, 0.2) is 30.5 Å². The topological polar surface area (TPSA) is 76.5 Å². The first-order valence-corrected chi connectivity index (χ1v) is 11.3. The summed E-state index contributed by atoms with van der Waals surface area (Å²) < 4.78 is 6.61. The van der Waals surface area contributed by atoms with Gasteiger partial charge in [0.05, 0.1) is 19.2 Å². The number of nitrogens with zero attached hydrogens (tertiary/aromatic N) is 3. The Balaban J connectivity index is 1.54. The lowest BCUT2D eigenvalue weighted by atomic mass is 9.84. The third kappa shape index (κ3) is 4.98. The van der Waals surface area contributed by atoms with Crippen molar-refractivity contribution in [3.05, 3.63) is 41.6 Å². The van der Waals surface area contributed by atoms with Gasteiger partial charge in [0.2, 0.25) is 5.91 Å². The third-order valence-electron chi connectivity index (χ3n) is 6.57. The molecule has 2 aromatic rings. The smallest absolute Gasteiger partial charge is 0.307 e. The zero-order valence-electron chi connectivity index (χ0n) is 18.5. The van der Waals surface area contributed by atoms with Crippen molar-refractivity contribution in [3.63, 3.8) is 0 Å². The van der Waals surface area contributed by atoms with E-state index >= 15 is 0 Å². The Morgan fingerprint density at radius 2 is 1.94 bits per heavy atom. The maximum atomic E-state index is 12.4. The molecule has 4 rings (SSSR count). The predicted molar refractivity (Wildman–Crippen MR) is 118 cm³/mol. The molecule has 1 unspecified atom stereocenters. The molecule has 2 fully saturated rings. The summed E-state index contributed by atoms with van der Waals surface area (Å²) in [5.74, 6) is 0.174. The zero-order valence-corrected chi connectivity index (χ0v) is 18.5. The summed E-state index contributed by atoms with van der Waals surface area (Å²) in [4.78, 5) is 26.3. The van der Waals surface area contributed by atoms with Crippen LogP contribution in [-0.4, -0.2) is 52.8 Å². The Kier molecular flexibility index (Phi) is 6.70. The number of carbonyl (C=O) groups excluding carboxylic acids is 2. The number of ether oxygens (including phenoxy) is 1. The normalized spacial score (nSPS) is 20.5. The third-order valence-corrected chi connectivity index (χ3v) is 6.57. The standard InChI is InChI=1S/C24H32N4O3/c1-27-15-20(16-28-13-12-25-24(30)21(28)14-22(29)31-2)23(26-27)19-10-8-18(9-11-19)17-6-4-3-5-7-17/h8-11,15,17,21H,3-7,12-14,16H2,1-2H3,(H,25,30). The van der Waals surface area contributed by atoms with E-state index in [-0.39, 0.29) is 18.3 Å². The fraction of sp³-hybridized carbons (Fsp3) is 0.542. The van der Waals surface area contributed by atoms with E-state index in [9.17, 15) is 9.59 Å². The highest BCUT2D eigenvalue weighted by atomic mass is 16.5. The molecule has 7 nitrogen and oxygen atoms in total. The molecule has 1 aliphatic carbocycles. The van der Waals surface area contributed by atoms with Crippen LogP contribution in [0.5, 0.6) is 0 Å². The molecule has 1 amide bonds. The van der Waals surface area contributed by atoms with Crippen molar-refractivity contribution in [1.29, 1.82) is 0 Å². The molecule has 166 valence electrons. The molecule has 1 aromatic carbocycles. The van der Waals surface area contributed by atoms with Crippen molar-refractivity contribution >= 4 is 11.9 Å². The molecule has 1 atom stereocenters. The highest BCUT2D eigenvalue weighted by Crippen LogP contribution is 2.34. The molecule has 0 spiro atoms. The lowest BCUT2D eigenvalue weighted by Gasteiger charge is -2.34. The Morgan fingerprint density at radius 1 is 1.19 bits per heavy atom. The SMILES string of the molecule is COC(=O)CC1C(=O)NCCN1Cc1cn(C)nc1-c1ccc(C2CCCCC2)cc1. The molecule has 0 bridgehead atoms. The van der Waals surface area contributed by atoms with Crippen LogP contribution < -0.4 is 5.32 Å². The first-order valence-electron chi connectivity index (χ1n) is 11.3. The van der Waals surface area contributed by atoms with Gasteiger partial charge in [-0.15, -0.1) is 0 Å². The van der Waals surface area contributed by atoms with Gasteiger partial charge in [0.15, 0.2) is 0 Å². The van der Waals surface area contributed by atoms with E-state index < -0.39 is 6.04 Å². The number of aromatic nitrogens is 2. The Labute approximate surface area is 183 Å². The minimum absolute atomic E-state index is 0.0496. The van der Waals surface area contributed by atoms with Crippen LogP contribution in [0, 0.1) is 0 Å². The first-order chi connectivity index (χ1) is 15.0. The Hall–Kier alpha value is -2.67. The number of amides is 1. The van der Waals surface area contributed by atoms with Crippen molar-refractivity contribution in [2.24, 2.45) is 7.05 Å². The van der Waals surface area contributed by atoms with Crippen molar-refractivity contribution < 1.29 is 14.3 Å². The number of esters is 1. The first kappa shape index (κ1) is 21.6. The number of hydrogen-bond donors (Lipinski definition) is 1. The van der Waals surface area contributed by atoms with Crippen LogP contribution in [-0.2, 0) is 27.9 Å². The van der Waals surface area contributed by atoms with Crippen LogP contribution in [0.4, 0.5) is 0 Å². The molecule has 0 radical (unpaired) electrons. The second-order valence-corrected chi connectivity index (χ2v) is 8.69. The van der Waals surface area contributed by atoms with Gasteiger partial charge >= 0.3 is 5.97 Å². The summed E-state index contributed by atoms with van der Waals surface area (Å²) >= 11 is 0. The van der Waals surface area contributed by atoms with Gasteiger partial charge in [0.1, 0.15) is 6.04 Å². The average molecular weight is 425 g/mol. The van der Waals surface area contributed by atoms with Gasteiger partial charge in [-0.3, -0.25) is 19.2 Å². The summed E-state index contributed by atoms with van der Waals surface area (Å²) in [6, 6.07) is 8.31. The van der Waals surface area contributed by atoms with Gasteiger partial charge in [0, 0.05) is 44.0 Å². The summed E-state index contributed by atoms with van der Waals surface area (Å²) in [5, 5.41) is 7.56. The van der Waals surface area contributed by atoms with Crippen molar-refractivity contribution in [3.8, 4) is 11.3 Å². The minimum Gasteiger partial charge on any atom is -0.469 e. The number of rotatable bonds is 6. The highest BCUT2D eigenvalue weighted by molar-refractivity contribution is 5.87. The lowest BCUT2D eigenvalue weighted by molar-refractivity contribution is -0.146. The molecule has 7 heteroatoms. The van der Waals surface area contributed by atoms with Gasteiger partial charge in [-0.25, -0.2) is 0 Å². The average Bonchev–Trinajstić information content (AvgIpc) is 3.16. The molecule has 31 heavy (non-hydrogen) atoms. The van der Waals surface area contributed by atoms with Gasteiger partial charge in [0.25, 0.3) is 0 Å². The van der Waals surface area contributed by atoms with E-state index in [1.165, 1.54) is 44.8 Å². The Bertz CT molecular complexity index is 915. The number of hydrogen-bond acceptors (Lipinski definition) is 5. The maximum absolute atomic E-state index is 12.4. The number of carbonyl (C=O) groups is 2. The molecule has 2 aliphatic rings. The van der Waals surface area contributed by atoms with Crippen LogP contribution in [0.2, 0.25) is 0 Å². The molecular formula is C24H32N4O3. The molecule has 1 N–H and O–H groups in total. The summed E-state index contributed by atoms with van der Waals surface area (Å²) in [6.45, 7) is 1.81. The molecule has 2 heterocycles. The van der Waals surface area contributed by atoms with Crippen LogP contribution in [0.3, 0.4) is 0 Å². The van der Waals surface area contributed by atoms with Crippen LogP contribution in [0.1, 0.15) is 55.6 Å². The van der Waals surface area contributed by atoms with E-state index in [0.717, 1.165) is 16.8 Å². The van der Waals surface area contributed by atoms with E-state index in [2.05, 4.69) is 29.6 Å². The fourth-order valence-corrected chi connectivity index (χ4v) is 4.88. The van der Waals surface area contributed by atoms with Gasteiger partial charge in [-0.1, -0.05) is 43.5 Å². The highest BCUT2D eigenvalue weighted by Gasteiger charge is 2.32. The summed E-state index contributed by atoms with van der Waals surface area (Å²) in [6.07, 6.45) is 8.64. The lowest BCUT2D eigenvalue weighted by Crippen LogP contribution is -2.55. The maximum Gasteiger partial charge on any atom is 0.307 e. The van der Waals surface area contributed by atoms with Crippen LogP contribution >= 0.6 is 0 Å². The van der Waals surface area contributed by atoms with E-state index in [0.29, 0.717) is 25.6 Å². The van der Waals surface area contributed by atoms with Crippen molar-refractivity contribution in [1.82, 2.24) is 20.0 Å². The molecule has 1 saturated heterocycles. The fourth-order valence-electron chi connectivity index (χ4n) is 4.88. The monoisotopic (exact) mass is 424 g/mol. The van der Waals surface area contributed by atoms with Crippen molar-refractivity contribution in [2.75, 3.05) is 20.2 Å². The summed E-state index contributed by atoms with van der Waals surface area (Å²) in [7, 11) is 3.27. The number of nitrogens with one attached hydrogen (secondary N) is 1. The van der Waals surface area contributed by atoms with E-state index in [1.54, 1.807) is 0 Å². The molecule has 1 aliphatic heterocycles. The number of benzene rings is 1. The molecule has 1 saturated carbocycles. The second kappa shape index (κ2) is 9.64. The predicted octanol–water partition coefficient (Wildman–Crippen LogP) is 3.00. The molecular weight excluding hydrogens is 392 g/mol. The largest absolute Gasteiger partial charge is 0.469 e.